The molecule has 11 heteroatoms. The van der Waals surface area contributed by atoms with Gasteiger partial charge in [-0.2, -0.15) is 0 Å². The molecule has 0 unspecified atom stereocenters. The van der Waals surface area contributed by atoms with Crippen LogP contribution in [0, 0.1) is 0 Å². The Morgan fingerprint density at radius 3 is 2.63 bits per heavy atom. The van der Waals surface area contributed by atoms with Gasteiger partial charge in [0.05, 0.1) is 32.6 Å². The molecule has 1 fully saturated rings. The van der Waals surface area contributed by atoms with E-state index in [9.17, 15) is 4.79 Å². The number of tetrazole rings is 1. The molecule has 0 aliphatic carbocycles. The fourth-order valence-electron chi connectivity index (χ4n) is 5.02. The number of ether oxygens (including phenoxy) is 3. The minimum Gasteiger partial charge on any atom is -0.495 e. The summed E-state index contributed by atoms with van der Waals surface area (Å²) in [4.78, 5) is 21.1. The van der Waals surface area contributed by atoms with Crippen molar-refractivity contribution in [2.75, 3.05) is 58.5 Å². The lowest BCUT2D eigenvalue weighted by Crippen LogP contribution is -2.49. The van der Waals surface area contributed by atoms with Crippen LogP contribution in [0.4, 0.5) is 5.69 Å². The van der Waals surface area contributed by atoms with Gasteiger partial charge in [0.15, 0.2) is 5.82 Å². The summed E-state index contributed by atoms with van der Waals surface area (Å²) in [7, 11) is 3.33. The van der Waals surface area contributed by atoms with Gasteiger partial charge < -0.3 is 24.1 Å². The van der Waals surface area contributed by atoms with E-state index in [4.69, 9.17) is 14.2 Å². The first kappa shape index (κ1) is 25.7. The Hall–Kier alpha value is -3.96. The van der Waals surface area contributed by atoms with Crippen LogP contribution in [0.25, 0.3) is 10.9 Å². The molecule has 2 aromatic carbocycles. The van der Waals surface area contributed by atoms with Crippen molar-refractivity contribution in [2.45, 2.75) is 19.5 Å². The number of para-hydroxylation sites is 2. The minimum atomic E-state index is -0.439. The molecular formula is C27H33N7O4. The Balaban J connectivity index is 1.52. The summed E-state index contributed by atoms with van der Waals surface area (Å²) in [5.41, 5.74) is 2.23. The number of rotatable bonds is 10. The van der Waals surface area contributed by atoms with Gasteiger partial charge in [0, 0.05) is 49.8 Å². The second-order valence-electron chi connectivity index (χ2n) is 9.09. The lowest BCUT2D eigenvalue weighted by molar-refractivity contribution is 0.171. The zero-order chi connectivity index (χ0) is 26.5. The SMILES string of the molecule is CCOc1ccc2[nH]c(=O)c([C@H](c3nnnn3CCOC)N3CCN(c4ccccc4OC)CC3)cc2c1. The fourth-order valence-corrected chi connectivity index (χ4v) is 5.02. The zero-order valence-corrected chi connectivity index (χ0v) is 22.0. The number of nitrogens with one attached hydrogen (secondary N) is 1. The second-order valence-corrected chi connectivity index (χ2v) is 9.09. The van der Waals surface area contributed by atoms with E-state index in [1.807, 2.05) is 49.4 Å². The Kier molecular flexibility index (Phi) is 7.85. The Labute approximate surface area is 220 Å². The van der Waals surface area contributed by atoms with Crippen LogP contribution in [-0.2, 0) is 11.3 Å². The van der Waals surface area contributed by atoms with Crippen LogP contribution in [-0.4, -0.2) is 83.7 Å². The summed E-state index contributed by atoms with van der Waals surface area (Å²) < 4.78 is 18.3. The number of H-pyrrole nitrogens is 1. The Bertz CT molecular complexity index is 1430. The van der Waals surface area contributed by atoms with E-state index in [2.05, 4.69) is 36.4 Å². The molecule has 1 saturated heterocycles. The number of hydrogen-bond acceptors (Lipinski definition) is 9. The summed E-state index contributed by atoms with van der Waals surface area (Å²) in [5, 5.41) is 13.4. The maximum atomic E-state index is 13.5. The number of fused-ring (bicyclic) bond motifs is 1. The van der Waals surface area contributed by atoms with Crippen molar-refractivity contribution in [3.8, 4) is 11.5 Å². The fraction of sp³-hybridized carbons (Fsp3) is 0.407. The Morgan fingerprint density at radius 1 is 1.05 bits per heavy atom. The molecule has 1 N–H and O–H groups in total. The van der Waals surface area contributed by atoms with Crippen LogP contribution in [0.3, 0.4) is 0 Å². The van der Waals surface area contributed by atoms with E-state index in [-0.39, 0.29) is 5.56 Å². The quantitative estimate of drug-likeness (QED) is 0.338. The van der Waals surface area contributed by atoms with Gasteiger partial charge >= 0.3 is 0 Å². The number of anilines is 1. The van der Waals surface area contributed by atoms with Crippen molar-refractivity contribution < 1.29 is 14.2 Å². The van der Waals surface area contributed by atoms with Crippen LogP contribution in [0.5, 0.6) is 11.5 Å². The average molecular weight is 520 g/mol. The molecule has 0 saturated carbocycles. The lowest BCUT2D eigenvalue weighted by atomic mass is 10.0. The molecule has 200 valence electrons. The van der Waals surface area contributed by atoms with Gasteiger partial charge in [-0.1, -0.05) is 12.1 Å². The van der Waals surface area contributed by atoms with Gasteiger partial charge in [-0.3, -0.25) is 9.69 Å². The molecule has 38 heavy (non-hydrogen) atoms. The highest BCUT2D eigenvalue weighted by Crippen LogP contribution is 2.32. The predicted molar refractivity (Wildman–Crippen MR) is 144 cm³/mol. The van der Waals surface area contributed by atoms with Crippen molar-refractivity contribution in [3.63, 3.8) is 0 Å². The molecule has 2 aromatic heterocycles. The first-order valence-electron chi connectivity index (χ1n) is 12.8. The number of hydrogen-bond donors (Lipinski definition) is 1. The smallest absolute Gasteiger partial charge is 0.253 e. The maximum Gasteiger partial charge on any atom is 0.253 e. The molecule has 1 aliphatic heterocycles. The van der Waals surface area contributed by atoms with Crippen LogP contribution >= 0.6 is 0 Å². The number of pyridine rings is 1. The average Bonchev–Trinajstić information content (AvgIpc) is 3.41. The third kappa shape index (κ3) is 5.20. The summed E-state index contributed by atoms with van der Waals surface area (Å²) >= 11 is 0. The molecule has 0 spiro atoms. The first-order valence-corrected chi connectivity index (χ1v) is 12.8. The van der Waals surface area contributed by atoms with Gasteiger partial charge in [-0.05, 0) is 53.7 Å². The van der Waals surface area contributed by atoms with Crippen molar-refractivity contribution in [1.29, 1.82) is 0 Å². The molecule has 0 amide bonds. The maximum absolute atomic E-state index is 13.5. The van der Waals surface area contributed by atoms with Gasteiger partial charge in [-0.15, -0.1) is 5.10 Å². The van der Waals surface area contributed by atoms with Crippen LogP contribution in [0.15, 0.2) is 53.3 Å². The first-order chi connectivity index (χ1) is 18.6. The third-order valence-electron chi connectivity index (χ3n) is 6.87. The highest BCUT2D eigenvalue weighted by Gasteiger charge is 2.33. The number of aromatic nitrogens is 5. The van der Waals surface area contributed by atoms with Crippen LogP contribution in [0.2, 0.25) is 0 Å². The second kappa shape index (κ2) is 11.6. The Morgan fingerprint density at radius 2 is 1.87 bits per heavy atom. The molecule has 5 rings (SSSR count). The highest BCUT2D eigenvalue weighted by atomic mass is 16.5. The number of methoxy groups -OCH3 is 2. The molecule has 0 bridgehead atoms. The van der Waals surface area contributed by atoms with Gasteiger partial charge in [0.2, 0.25) is 0 Å². The minimum absolute atomic E-state index is 0.167. The number of benzene rings is 2. The third-order valence-corrected chi connectivity index (χ3v) is 6.87. The van der Waals surface area contributed by atoms with E-state index in [1.165, 1.54) is 0 Å². The lowest BCUT2D eigenvalue weighted by Gasteiger charge is -2.40. The predicted octanol–water partition coefficient (Wildman–Crippen LogP) is 2.48. The largest absolute Gasteiger partial charge is 0.495 e. The van der Waals surface area contributed by atoms with Gasteiger partial charge in [0.25, 0.3) is 5.56 Å². The molecule has 1 aliphatic rings. The van der Waals surface area contributed by atoms with E-state index >= 15 is 0 Å². The number of piperazine rings is 1. The van der Waals surface area contributed by atoms with Crippen molar-refractivity contribution in [3.05, 3.63) is 70.3 Å². The van der Waals surface area contributed by atoms with Gasteiger partial charge in [0.1, 0.15) is 17.5 Å². The monoisotopic (exact) mass is 519 g/mol. The number of aromatic amines is 1. The summed E-state index contributed by atoms with van der Waals surface area (Å²) in [6.07, 6.45) is 0. The van der Waals surface area contributed by atoms with Crippen molar-refractivity contribution in [1.82, 2.24) is 30.1 Å². The van der Waals surface area contributed by atoms with Crippen LogP contribution < -0.4 is 19.9 Å². The molecule has 0 radical (unpaired) electrons. The topological polar surface area (TPSA) is 111 Å². The summed E-state index contributed by atoms with van der Waals surface area (Å²) in [5.74, 6) is 2.21. The van der Waals surface area contributed by atoms with Crippen LogP contribution in [0.1, 0.15) is 24.4 Å². The van der Waals surface area contributed by atoms with Crippen molar-refractivity contribution in [2.24, 2.45) is 0 Å². The molecule has 4 aromatic rings. The molecule has 1 atom stereocenters. The van der Waals surface area contributed by atoms with E-state index < -0.39 is 6.04 Å². The highest BCUT2D eigenvalue weighted by molar-refractivity contribution is 5.80. The van der Waals surface area contributed by atoms with E-state index in [0.29, 0.717) is 44.2 Å². The standard InChI is InChI=1S/C27H33N7O4/c1-4-38-20-9-10-22-19(17-20)18-21(27(35)28-22)25(26-29-30-31-34(26)15-16-36-2)33-13-11-32(12-14-33)23-7-5-6-8-24(23)37-3/h5-10,17-18,25H,4,11-16H2,1-3H3,(H,28,35)/t25-/m1/s1. The van der Waals surface area contributed by atoms with E-state index in [0.717, 1.165) is 41.2 Å². The molecule has 11 nitrogen and oxygen atoms in total. The summed E-state index contributed by atoms with van der Waals surface area (Å²) in [6.45, 7) is 6.38. The zero-order valence-electron chi connectivity index (χ0n) is 22.0. The molecular weight excluding hydrogens is 486 g/mol. The van der Waals surface area contributed by atoms with E-state index in [1.54, 1.807) is 18.9 Å². The molecule has 3 heterocycles. The van der Waals surface area contributed by atoms with Crippen molar-refractivity contribution >= 4 is 16.6 Å². The normalized spacial score (nSPS) is 15.1. The van der Waals surface area contributed by atoms with Gasteiger partial charge in [-0.25, -0.2) is 4.68 Å². The summed E-state index contributed by atoms with van der Waals surface area (Å²) in [6, 6.07) is 15.2. The number of nitrogens with zero attached hydrogens (tertiary/aromatic N) is 6.